The molecule has 10 aliphatic rings. The summed E-state index contributed by atoms with van der Waals surface area (Å²) in [7, 11) is 4.94. The molecule has 10 amide bonds. The molecule has 35 nitrogen and oxygen atoms in total. The highest BCUT2D eigenvalue weighted by molar-refractivity contribution is 6.32. The number of likely N-dealkylation sites (N-methyl/N-ethyl adjacent to an activating group) is 3. The first-order chi connectivity index (χ1) is 57.4. The summed E-state index contributed by atoms with van der Waals surface area (Å²) in [6, 6.07) is 5.64. The lowest BCUT2D eigenvalue weighted by molar-refractivity contribution is -0.270. The Morgan fingerprint density at radius 3 is 1.93 bits per heavy atom. The van der Waals surface area contributed by atoms with Crippen molar-refractivity contribution >= 4 is 70.6 Å². The minimum absolute atomic E-state index is 0.0377. The third kappa shape index (κ3) is 19.1. The molecule has 5 fully saturated rings. The van der Waals surface area contributed by atoms with E-state index in [0.29, 0.717) is 30.7 Å². The van der Waals surface area contributed by atoms with Crippen LogP contribution in [0, 0.1) is 43.4 Å². The van der Waals surface area contributed by atoms with Crippen molar-refractivity contribution in [1.29, 1.82) is 0 Å². The molecule has 6 aromatic carbocycles. The third-order valence-electron chi connectivity index (χ3n) is 23.1. The van der Waals surface area contributed by atoms with Crippen LogP contribution in [0.1, 0.15) is 128 Å². The summed E-state index contributed by atoms with van der Waals surface area (Å²) in [6.45, 7) is 7.55. The fourth-order valence-corrected chi connectivity index (χ4v) is 17.5. The average molecular weight is 1680 g/mol. The number of phenolic OH excluding ortho intramolecular Hbond substituents is 2. The molecule has 6 heterocycles. The van der Waals surface area contributed by atoms with Crippen molar-refractivity contribution in [3.05, 3.63) is 141 Å². The number of hydrogen-bond acceptors (Lipinski definition) is 26. The quantitative estimate of drug-likeness (QED) is 0.0460. The number of carbonyl (C=O) groups excluding carboxylic acids is 9. The van der Waals surface area contributed by atoms with E-state index in [-0.39, 0.29) is 122 Å². The normalized spacial score (nSPS) is 27.2. The van der Waals surface area contributed by atoms with Gasteiger partial charge in [0.15, 0.2) is 11.5 Å². The largest absolute Gasteiger partial charge is 0.508 e. The monoisotopic (exact) mass is 1680 g/mol. The molecule has 4 aliphatic carbocycles. The lowest BCUT2D eigenvalue weighted by Crippen LogP contribution is -2.60. The maximum atomic E-state index is 16.6. The molecule has 14 atom stereocenters. The Labute approximate surface area is 695 Å². The van der Waals surface area contributed by atoms with Crippen LogP contribution in [0.4, 0.5) is 10.5 Å². The van der Waals surface area contributed by atoms with E-state index < -0.39 is 180 Å². The number of aryl methyl sites for hydroxylation is 2. The van der Waals surface area contributed by atoms with E-state index in [9.17, 15) is 50.1 Å². The second-order valence-corrected chi connectivity index (χ2v) is 32.5. The van der Waals surface area contributed by atoms with E-state index in [1.807, 2.05) is 13.8 Å². The number of anilines is 1. The number of aliphatic hydroxyl groups is 5. The van der Waals surface area contributed by atoms with E-state index in [0.717, 1.165) is 44.2 Å². The van der Waals surface area contributed by atoms with Crippen LogP contribution < -0.4 is 93.2 Å². The number of urea groups is 1. The number of ether oxygens (including phenoxy) is 6. The molecule has 642 valence electrons. The van der Waals surface area contributed by atoms with Crippen LogP contribution in [0.3, 0.4) is 0 Å². The predicted molar refractivity (Wildman–Crippen MR) is 432 cm³/mol. The number of phenols is 2. The van der Waals surface area contributed by atoms with E-state index in [2.05, 4.69) is 63.8 Å². The highest BCUT2D eigenvalue weighted by Crippen LogP contribution is 2.55. The SMILES string of the molecule is CNCCOc1ccc(NC(=O)NC(=O)C[C@@H]2NC(=O)[C@H](NC(=O)[C@@H](CC(C)C)NC)[C@H](O)c3ccc(c(C)c3)Oc3cc4cc(c3O[C@@H]3O[C@H](CN)[C@@H](O)[C@H](O)[C@H]3O)Oc3ccc(cc3Cl)[C@@H](O)[C@@H]3NC(=O)[C@H](NC(=O)[C@@H]4NC2=O)c2ccc(O)c(c2)-c2c(C)cc(O)cc2[C@@H](C(=O)NC2C4CC5CC(C4)CC2C5)NC3=O)c(OCCNC)c1. The molecule has 15 bridgehead atoms. The summed E-state index contributed by atoms with van der Waals surface area (Å²) < 4.78 is 37.8. The van der Waals surface area contributed by atoms with Gasteiger partial charge >= 0.3 is 6.03 Å². The fourth-order valence-electron chi connectivity index (χ4n) is 17.3. The van der Waals surface area contributed by atoms with Gasteiger partial charge in [0.1, 0.15) is 121 Å². The van der Waals surface area contributed by atoms with Crippen LogP contribution in [-0.4, -0.2) is 204 Å². The van der Waals surface area contributed by atoms with Gasteiger partial charge in [-0.15, -0.1) is 0 Å². The molecule has 16 rings (SSSR count). The zero-order valence-corrected chi connectivity index (χ0v) is 67.7. The number of amides is 10. The lowest BCUT2D eigenvalue weighted by atomic mass is 9.54. The number of fused-ring (bicyclic) bond motifs is 15. The summed E-state index contributed by atoms with van der Waals surface area (Å²) in [5, 5.41) is 116. The van der Waals surface area contributed by atoms with Crippen LogP contribution in [0.25, 0.3) is 11.1 Å². The van der Waals surface area contributed by atoms with Crippen LogP contribution in [0.15, 0.2) is 97.1 Å². The number of imide groups is 1. The van der Waals surface area contributed by atoms with Gasteiger partial charge in [0.05, 0.1) is 23.2 Å². The molecule has 6 aromatic rings. The van der Waals surface area contributed by atoms with E-state index >= 15 is 28.8 Å². The number of aromatic hydroxyl groups is 2. The number of nitrogens with one attached hydrogen (secondary N) is 12. The average Bonchev–Trinajstić information content (AvgIpc) is 0.759. The third-order valence-corrected chi connectivity index (χ3v) is 23.4. The number of nitrogens with two attached hydrogens (primary N) is 1. The Bertz CT molecular complexity index is 4870. The number of benzene rings is 6. The minimum Gasteiger partial charge on any atom is -0.508 e. The number of rotatable bonds is 21. The highest BCUT2D eigenvalue weighted by Gasteiger charge is 2.51. The van der Waals surface area contributed by atoms with Crippen molar-refractivity contribution in [2.24, 2.45) is 35.3 Å². The second kappa shape index (κ2) is 37.4. The lowest BCUT2D eigenvalue weighted by Gasteiger charge is -2.54. The zero-order valence-electron chi connectivity index (χ0n) is 67.0. The van der Waals surface area contributed by atoms with Crippen molar-refractivity contribution in [2.45, 2.75) is 164 Å². The highest BCUT2D eigenvalue weighted by atomic mass is 35.5. The molecule has 0 spiro atoms. The Hall–Kier alpha value is -11.0. The number of hydrogen-bond donors (Lipinski definition) is 20. The molecule has 4 saturated carbocycles. The molecule has 0 unspecified atom stereocenters. The number of carbonyl (C=O) groups is 9. The molecule has 0 aromatic heterocycles. The van der Waals surface area contributed by atoms with Gasteiger partial charge in [-0.3, -0.25) is 43.7 Å². The summed E-state index contributed by atoms with van der Waals surface area (Å²) in [4.78, 5) is 139. The minimum atomic E-state index is -2.32. The van der Waals surface area contributed by atoms with E-state index in [1.54, 1.807) is 21.0 Å². The first-order valence-electron chi connectivity index (χ1n) is 40.0. The van der Waals surface area contributed by atoms with Crippen LogP contribution in [0.2, 0.25) is 5.02 Å². The van der Waals surface area contributed by atoms with Crippen LogP contribution >= 0.6 is 11.6 Å². The van der Waals surface area contributed by atoms with Gasteiger partial charge in [-0.1, -0.05) is 43.6 Å². The molecule has 1 saturated heterocycles. The van der Waals surface area contributed by atoms with Crippen LogP contribution in [0.5, 0.6) is 51.7 Å². The first-order valence-corrected chi connectivity index (χ1v) is 40.4. The van der Waals surface area contributed by atoms with Gasteiger partial charge in [0.25, 0.3) is 0 Å². The molecule has 21 N–H and O–H groups in total. The Morgan fingerprint density at radius 1 is 0.625 bits per heavy atom. The van der Waals surface area contributed by atoms with Gasteiger partial charge < -0.3 is 128 Å². The first kappa shape index (κ1) is 86.9. The van der Waals surface area contributed by atoms with Crippen molar-refractivity contribution in [3.8, 4) is 62.9 Å². The smallest absolute Gasteiger partial charge is 0.325 e. The van der Waals surface area contributed by atoms with Gasteiger partial charge in [-0.2, -0.15) is 0 Å². The summed E-state index contributed by atoms with van der Waals surface area (Å²) in [5.74, 6) is -10.6. The van der Waals surface area contributed by atoms with Gasteiger partial charge in [-0.05, 0) is 220 Å². The van der Waals surface area contributed by atoms with Gasteiger partial charge in [0.2, 0.25) is 59.3 Å². The Morgan fingerprint density at radius 2 is 1.27 bits per heavy atom. The summed E-state index contributed by atoms with van der Waals surface area (Å²) in [5.41, 5.74) is 5.66. The van der Waals surface area contributed by atoms with E-state index in [1.165, 1.54) is 98.9 Å². The predicted octanol–water partition coefficient (Wildman–Crippen LogP) is 3.01. The second-order valence-electron chi connectivity index (χ2n) is 32.1. The zero-order chi connectivity index (χ0) is 85.8. The summed E-state index contributed by atoms with van der Waals surface area (Å²) >= 11 is 7.23. The van der Waals surface area contributed by atoms with Crippen LogP contribution in [-0.2, 0) is 43.1 Å². The fraction of sp³-hybridized carbons (Fsp3) is 0.464. The summed E-state index contributed by atoms with van der Waals surface area (Å²) in [6.07, 6.45) is -9.74. The van der Waals surface area contributed by atoms with Crippen molar-refractivity contribution in [1.82, 2.24) is 58.5 Å². The molecule has 120 heavy (non-hydrogen) atoms. The number of halogens is 1. The van der Waals surface area contributed by atoms with Crippen molar-refractivity contribution in [3.63, 3.8) is 0 Å². The molecule has 6 aliphatic heterocycles. The van der Waals surface area contributed by atoms with Crippen molar-refractivity contribution < 1.29 is 107 Å². The molecular weight excluding hydrogens is 1580 g/mol. The maximum absolute atomic E-state index is 16.6. The van der Waals surface area contributed by atoms with Gasteiger partial charge in [0, 0.05) is 37.3 Å². The van der Waals surface area contributed by atoms with Gasteiger partial charge in [-0.25, -0.2) is 4.79 Å². The Balaban J connectivity index is 0.983. The Kier molecular flexibility index (Phi) is 27.0. The molecule has 0 radical (unpaired) electrons. The topological polar surface area (TPSA) is 521 Å². The number of aliphatic hydroxyl groups excluding tert-OH is 5. The maximum Gasteiger partial charge on any atom is 0.325 e. The molecular formula is C84H102ClN13O22. The standard InChI is InChI=1S/C84H102ClN13O22/c1-36(2)20-53(89-7)76(107)97-68-70(102)42-9-14-56(37(3)21-42)117-59-30-46-31-60(75(59)120-83-74(106)73(105)72(104)61(35-86)119-83)118-57-15-10-43(29-51(57)85)71(103)69-82(113)96-67(80(111)93-64-44-24-39-23-40(26-44)27-45(64)25-39)50-32-47(99)22-38(4)63(50)49-28-41(8-13-55(49)100)65(78(109)98-69)95-79(110)66(46)94-77(108)54(90-81(68)112)34-62(101)92-84(114)91-52-12-11-48(115-18-16-87-5)33-58(52)116-19-17-88-6/h8-15,21-22,28-33,36,39-40,44-45,53-54,61,64-74,83,87-89,99-100,102-106H,16-20,23-27,34-35,86H2,1-7H3,(H,90,112)(H,93,111)(H,94,108)(H,95,110)(H,96,113)(H,97,107)(H,98,109)(H2,91,92,101,114)/t39?,40?,44?,45?,53-,54+,61-,64?,65-,66-,67+,68-,69+,70-,71-,72-,73+,74-,83+/m1/s1. The van der Waals surface area contributed by atoms with E-state index in [4.69, 9.17) is 45.8 Å². The van der Waals surface area contributed by atoms with Crippen molar-refractivity contribution in [2.75, 3.05) is 59.3 Å². The molecule has 36 heteroatoms.